The maximum atomic E-state index is 12.3. The van der Waals surface area contributed by atoms with Crippen LogP contribution in [0.25, 0.3) is 0 Å². The van der Waals surface area contributed by atoms with Gasteiger partial charge in [-0.25, -0.2) is 0 Å². The van der Waals surface area contributed by atoms with Gasteiger partial charge >= 0.3 is 0 Å². The lowest BCUT2D eigenvalue weighted by molar-refractivity contribution is 0.0723. The van der Waals surface area contributed by atoms with Crippen molar-refractivity contribution in [2.45, 2.75) is 39.7 Å². The third-order valence-corrected chi connectivity index (χ3v) is 3.33. The molecule has 2 N–H and O–H groups in total. The van der Waals surface area contributed by atoms with Crippen molar-refractivity contribution in [1.82, 2.24) is 4.90 Å². The van der Waals surface area contributed by atoms with E-state index < -0.39 is 0 Å². The Labute approximate surface area is 104 Å². The number of carbonyl (C=O) groups excluding carboxylic acids is 1. The van der Waals surface area contributed by atoms with E-state index in [0.717, 1.165) is 24.1 Å². The molecule has 3 heteroatoms. The van der Waals surface area contributed by atoms with Crippen molar-refractivity contribution in [3.8, 4) is 0 Å². The normalized spacial score (nSPS) is 10.6. The molecule has 1 aromatic carbocycles. The van der Waals surface area contributed by atoms with Crippen molar-refractivity contribution >= 4 is 11.6 Å². The number of nitrogens with two attached hydrogens (primary N) is 1. The van der Waals surface area contributed by atoms with Crippen LogP contribution in [0.3, 0.4) is 0 Å². The number of nitrogens with zero attached hydrogens (tertiary/aromatic N) is 1. The molecule has 0 aliphatic heterocycles. The molecule has 0 aliphatic rings. The fourth-order valence-corrected chi connectivity index (χ4v) is 2.01. The molecule has 1 rings (SSSR count). The van der Waals surface area contributed by atoms with Gasteiger partial charge in [0.2, 0.25) is 0 Å². The van der Waals surface area contributed by atoms with Gasteiger partial charge in [-0.05, 0) is 43.5 Å². The van der Waals surface area contributed by atoms with Crippen LogP contribution >= 0.6 is 0 Å². The van der Waals surface area contributed by atoms with Gasteiger partial charge in [-0.3, -0.25) is 4.79 Å². The Bertz CT molecular complexity index is 397. The van der Waals surface area contributed by atoms with Crippen LogP contribution in [0.15, 0.2) is 18.2 Å². The Morgan fingerprint density at radius 2 is 1.94 bits per heavy atom. The zero-order valence-electron chi connectivity index (χ0n) is 11.2. The topological polar surface area (TPSA) is 46.3 Å². The highest BCUT2D eigenvalue weighted by Gasteiger charge is 2.18. The standard InChI is InChI=1S/C14H22N2O/c1-5-12(6-2)16(4)14(17)11-7-8-13(15)10(3)9-11/h7-9,12H,5-6,15H2,1-4H3. The third kappa shape index (κ3) is 2.99. The van der Waals surface area contributed by atoms with Crippen LogP contribution in [0.1, 0.15) is 42.6 Å². The monoisotopic (exact) mass is 234 g/mol. The molecular formula is C14H22N2O. The molecule has 0 aromatic heterocycles. The molecular weight excluding hydrogens is 212 g/mol. The largest absolute Gasteiger partial charge is 0.399 e. The van der Waals surface area contributed by atoms with Gasteiger partial charge in [-0.2, -0.15) is 0 Å². The lowest BCUT2D eigenvalue weighted by Crippen LogP contribution is -2.36. The highest BCUT2D eigenvalue weighted by Crippen LogP contribution is 2.16. The summed E-state index contributed by atoms with van der Waals surface area (Å²) in [5, 5.41) is 0. The van der Waals surface area contributed by atoms with E-state index in [9.17, 15) is 4.79 Å². The van der Waals surface area contributed by atoms with Crippen molar-refractivity contribution in [2.75, 3.05) is 12.8 Å². The van der Waals surface area contributed by atoms with Crippen molar-refractivity contribution in [1.29, 1.82) is 0 Å². The van der Waals surface area contributed by atoms with Crippen molar-refractivity contribution in [3.63, 3.8) is 0 Å². The van der Waals surface area contributed by atoms with Gasteiger partial charge in [0.15, 0.2) is 0 Å². The minimum atomic E-state index is 0.0711. The Balaban J connectivity index is 2.92. The molecule has 1 amide bonds. The molecule has 0 atom stereocenters. The van der Waals surface area contributed by atoms with Crippen molar-refractivity contribution < 1.29 is 4.79 Å². The average Bonchev–Trinajstić information content (AvgIpc) is 2.33. The summed E-state index contributed by atoms with van der Waals surface area (Å²) in [6.07, 6.45) is 1.96. The Morgan fingerprint density at radius 3 is 2.41 bits per heavy atom. The van der Waals surface area contributed by atoms with Gasteiger partial charge in [-0.1, -0.05) is 13.8 Å². The number of nitrogen functional groups attached to an aromatic ring is 1. The van der Waals surface area contributed by atoms with Gasteiger partial charge in [0, 0.05) is 24.3 Å². The summed E-state index contributed by atoms with van der Waals surface area (Å²) >= 11 is 0. The van der Waals surface area contributed by atoms with Crippen LogP contribution in [0, 0.1) is 6.92 Å². The van der Waals surface area contributed by atoms with Crippen LogP contribution in [0.4, 0.5) is 5.69 Å². The molecule has 0 saturated heterocycles. The lowest BCUT2D eigenvalue weighted by Gasteiger charge is -2.26. The zero-order valence-corrected chi connectivity index (χ0v) is 11.2. The SMILES string of the molecule is CCC(CC)N(C)C(=O)c1ccc(N)c(C)c1. The third-order valence-electron chi connectivity index (χ3n) is 3.33. The Morgan fingerprint density at radius 1 is 1.35 bits per heavy atom. The summed E-state index contributed by atoms with van der Waals surface area (Å²) in [5.41, 5.74) is 8.15. The van der Waals surface area contributed by atoms with E-state index >= 15 is 0 Å². The van der Waals surface area contributed by atoms with E-state index in [-0.39, 0.29) is 5.91 Å². The zero-order chi connectivity index (χ0) is 13.0. The number of carbonyl (C=O) groups is 1. The van der Waals surface area contributed by atoms with Gasteiger partial charge in [0.25, 0.3) is 5.91 Å². The molecule has 0 heterocycles. The molecule has 0 unspecified atom stereocenters. The molecule has 94 valence electrons. The number of aryl methyl sites for hydroxylation is 1. The van der Waals surface area contributed by atoms with Gasteiger partial charge < -0.3 is 10.6 Å². The number of anilines is 1. The number of amides is 1. The molecule has 0 spiro atoms. The van der Waals surface area contributed by atoms with E-state index in [1.165, 1.54) is 0 Å². The van der Waals surface area contributed by atoms with E-state index in [1.54, 1.807) is 12.1 Å². The highest BCUT2D eigenvalue weighted by atomic mass is 16.2. The molecule has 0 fully saturated rings. The molecule has 1 aromatic rings. The first-order valence-corrected chi connectivity index (χ1v) is 6.14. The first kappa shape index (κ1) is 13.6. The molecule has 17 heavy (non-hydrogen) atoms. The minimum Gasteiger partial charge on any atom is -0.399 e. The molecule has 3 nitrogen and oxygen atoms in total. The lowest BCUT2D eigenvalue weighted by atomic mass is 10.1. The summed E-state index contributed by atoms with van der Waals surface area (Å²) in [6, 6.07) is 5.75. The van der Waals surface area contributed by atoms with E-state index in [4.69, 9.17) is 5.73 Å². The number of hydrogen-bond acceptors (Lipinski definition) is 2. The molecule has 0 radical (unpaired) electrons. The van der Waals surface area contributed by atoms with Crippen LogP contribution in [0.2, 0.25) is 0 Å². The van der Waals surface area contributed by atoms with Crippen LogP contribution in [-0.4, -0.2) is 23.9 Å². The van der Waals surface area contributed by atoms with Gasteiger partial charge in [0.1, 0.15) is 0 Å². The summed E-state index contributed by atoms with van der Waals surface area (Å²) < 4.78 is 0. The van der Waals surface area contributed by atoms with Crippen LogP contribution in [-0.2, 0) is 0 Å². The molecule has 0 bridgehead atoms. The van der Waals surface area contributed by atoms with E-state index in [2.05, 4.69) is 13.8 Å². The molecule has 0 saturated carbocycles. The van der Waals surface area contributed by atoms with Crippen molar-refractivity contribution in [2.24, 2.45) is 0 Å². The number of rotatable bonds is 4. The Hall–Kier alpha value is -1.51. The summed E-state index contributed by atoms with van der Waals surface area (Å²) in [6.45, 7) is 6.13. The van der Waals surface area contributed by atoms with Crippen molar-refractivity contribution in [3.05, 3.63) is 29.3 Å². The minimum absolute atomic E-state index is 0.0711. The van der Waals surface area contributed by atoms with Gasteiger partial charge in [-0.15, -0.1) is 0 Å². The predicted octanol–water partition coefficient (Wildman–Crippen LogP) is 2.84. The highest BCUT2D eigenvalue weighted by molar-refractivity contribution is 5.94. The van der Waals surface area contributed by atoms with E-state index in [0.29, 0.717) is 11.6 Å². The second kappa shape index (κ2) is 5.71. The smallest absolute Gasteiger partial charge is 0.253 e. The maximum absolute atomic E-state index is 12.3. The quantitative estimate of drug-likeness (QED) is 0.814. The predicted molar refractivity (Wildman–Crippen MR) is 72.1 cm³/mol. The summed E-state index contributed by atoms with van der Waals surface area (Å²) in [5.74, 6) is 0.0711. The fraction of sp³-hybridized carbons (Fsp3) is 0.500. The first-order valence-electron chi connectivity index (χ1n) is 6.14. The fourth-order valence-electron chi connectivity index (χ4n) is 2.01. The average molecular weight is 234 g/mol. The second-order valence-corrected chi connectivity index (χ2v) is 4.46. The summed E-state index contributed by atoms with van der Waals surface area (Å²) in [7, 11) is 1.87. The van der Waals surface area contributed by atoms with Crippen LogP contribution < -0.4 is 5.73 Å². The summed E-state index contributed by atoms with van der Waals surface area (Å²) in [4.78, 5) is 14.1. The van der Waals surface area contributed by atoms with Crippen LogP contribution in [0.5, 0.6) is 0 Å². The number of hydrogen-bond donors (Lipinski definition) is 1. The Kier molecular flexibility index (Phi) is 4.55. The first-order chi connectivity index (χ1) is 8.01. The number of benzene rings is 1. The van der Waals surface area contributed by atoms with Gasteiger partial charge in [0.05, 0.1) is 0 Å². The second-order valence-electron chi connectivity index (χ2n) is 4.46. The maximum Gasteiger partial charge on any atom is 0.253 e. The van der Waals surface area contributed by atoms with E-state index in [1.807, 2.05) is 24.9 Å². The molecule has 0 aliphatic carbocycles.